The fraction of sp³-hybridized carbons (Fsp3) is 0. The molecule has 0 aliphatic carbocycles. The van der Waals surface area contributed by atoms with Gasteiger partial charge in [0.25, 0.3) is 0 Å². The average molecular weight is 214 g/mol. The summed E-state index contributed by atoms with van der Waals surface area (Å²) in [4.78, 5) is 9.97. The minimum atomic E-state index is -1.56. The summed E-state index contributed by atoms with van der Waals surface area (Å²) in [6.07, 6.45) is 0.463. The maximum absolute atomic E-state index is 9.97. The summed E-state index contributed by atoms with van der Waals surface area (Å²) in [6, 6.07) is 4.39. The Balaban J connectivity index is 2.84. The Hall–Kier alpha value is -1.24. The minimum Gasteiger partial charge on any atom is -0.423 e. The van der Waals surface area contributed by atoms with Crippen molar-refractivity contribution in [3.63, 3.8) is 0 Å². The topological polar surface area (TPSA) is 81.6 Å². The number of carbonyl (C=O) groups is 1. The van der Waals surface area contributed by atoms with Crippen LogP contribution in [0.2, 0.25) is 5.02 Å². The zero-order valence-electron chi connectivity index (χ0n) is 7.07. The van der Waals surface area contributed by atoms with E-state index in [4.69, 9.17) is 21.6 Å². The van der Waals surface area contributed by atoms with Gasteiger partial charge >= 0.3 is 7.12 Å². The molecule has 0 spiro atoms. The minimum absolute atomic E-state index is 0.282. The molecule has 0 unspecified atom stereocenters. The third-order valence-corrected chi connectivity index (χ3v) is 1.87. The van der Waals surface area contributed by atoms with Crippen LogP contribution in [-0.2, 0) is 4.79 Å². The van der Waals surface area contributed by atoms with E-state index in [0.29, 0.717) is 12.1 Å². The number of nitrogens with one attached hydrogen (secondary N) is 2. The summed E-state index contributed by atoms with van der Waals surface area (Å²) in [5, 5.41) is 17.9. The Morgan fingerprint density at radius 1 is 1.43 bits per heavy atom. The van der Waals surface area contributed by atoms with Gasteiger partial charge in [0.15, 0.2) is 0 Å². The Morgan fingerprint density at radius 2 is 2.14 bits per heavy atom. The van der Waals surface area contributed by atoms with Crippen molar-refractivity contribution in [1.29, 1.82) is 0 Å². The standard InChI is InChI=1S/C7H8BClN2O3/c9-6-3-5(8(13)14)1-2-7(6)11-10-4-12/h1-4,11,13-14H,(H,10,12). The third-order valence-electron chi connectivity index (χ3n) is 1.56. The Labute approximate surface area is 85.8 Å². The average Bonchev–Trinajstić information content (AvgIpc) is 2.15. The zero-order chi connectivity index (χ0) is 10.6. The number of carbonyl (C=O) groups excluding carboxylic acids is 1. The molecule has 0 aliphatic rings. The number of benzene rings is 1. The van der Waals surface area contributed by atoms with Crippen LogP contribution in [0, 0.1) is 0 Å². The highest BCUT2D eigenvalue weighted by Gasteiger charge is 2.12. The molecular formula is C7H8BClN2O3. The van der Waals surface area contributed by atoms with Crippen molar-refractivity contribution in [1.82, 2.24) is 5.43 Å². The van der Waals surface area contributed by atoms with E-state index in [1.54, 1.807) is 0 Å². The van der Waals surface area contributed by atoms with Crippen LogP contribution in [0.4, 0.5) is 5.69 Å². The smallest absolute Gasteiger partial charge is 0.423 e. The first kappa shape index (κ1) is 10.8. The molecule has 0 aromatic heterocycles. The lowest BCUT2D eigenvalue weighted by Crippen LogP contribution is -2.30. The predicted octanol–water partition coefficient (Wildman–Crippen LogP) is -0.907. The molecule has 74 valence electrons. The van der Waals surface area contributed by atoms with E-state index in [2.05, 4.69) is 10.9 Å². The molecule has 0 fully saturated rings. The van der Waals surface area contributed by atoms with E-state index in [9.17, 15) is 4.79 Å². The molecule has 1 aromatic rings. The van der Waals surface area contributed by atoms with Crippen LogP contribution in [0.3, 0.4) is 0 Å². The van der Waals surface area contributed by atoms with Gasteiger partial charge in [-0.25, -0.2) is 0 Å². The highest BCUT2D eigenvalue weighted by Crippen LogP contribution is 2.18. The van der Waals surface area contributed by atoms with E-state index in [0.717, 1.165) is 0 Å². The normalized spacial score (nSPS) is 9.36. The van der Waals surface area contributed by atoms with Crippen molar-refractivity contribution in [3.05, 3.63) is 23.2 Å². The second-order valence-electron chi connectivity index (χ2n) is 2.50. The van der Waals surface area contributed by atoms with Gasteiger partial charge in [-0.15, -0.1) is 0 Å². The monoisotopic (exact) mass is 214 g/mol. The van der Waals surface area contributed by atoms with Gasteiger partial charge in [0.2, 0.25) is 6.41 Å². The molecule has 0 heterocycles. The Kier molecular flexibility index (Phi) is 3.76. The maximum Gasteiger partial charge on any atom is 0.488 e. The van der Waals surface area contributed by atoms with Gasteiger partial charge in [-0.3, -0.25) is 15.6 Å². The molecule has 5 nitrogen and oxygen atoms in total. The fourth-order valence-electron chi connectivity index (χ4n) is 0.901. The molecule has 0 saturated heterocycles. The lowest BCUT2D eigenvalue weighted by Gasteiger charge is -2.07. The summed E-state index contributed by atoms with van der Waals surface area (Å²) in [6.45, 7) is 0. The van der Waals surface area contributed by atoms with Crippen molar-refractivity contribution in [2.24, 2.45) is 0 Å². The van der Waals surface area contributed by atoms with Crippen molar-refractivity contribution in [2.45, 2.75) is 0 Å². The van der Waals surface area contributed by atoms with Gasteiger partial charge in [-0.1, -0.05) is 17.7 Å². The van der Waals surface area contributed by atoms with Gasteiger partial charge in [0.1, 0.15) is 0 Å². The van der Waals surface area contributed by atoms with Crippen LogP contribution in [0.15, 0.2) is 18.2 Å². The van der Waals surface area contributed by atoms with Crippen LogP contribution in [-0.4, -0.2) is 23.6 Å². The first-order valence-electron chi connectivity index (χ1n) is 3.76. The molecule has 14 heavy (non-hydrogen) atoms. The third kappa shape index (κ3) is 2.63. The molecule has 4 N–H and O–H groups in total. The van der Waals surface area contributed by atoms with Gasteiger partial charge in [0.05, 0.1) is 10.7 Å². The second kappa shape index (κ2) is 4.85. The van der Waals surface area contributed by atoms with Gasteiger partial charge in [0, 0.05) is 0 Å². The largest absolute Gasteiger partial charge is 0.488 e. The van der Waals surface area contributed by atoms with E-state index < -0.39 is 7.12 Å². The van der Waals surface area contributed by atoms with Crippen molar-refractivity contribution >= 4 is 36.3 Å². The first-order valence-corrected chi connectivity index (χ1v) is 4.13. The number of hydrogen-bond donors (Lipinski definition) is 4. The summed E-state index contributed by atoms with van der Waals surface area (Å²) in [7, 11) is -1.56. The number of hydrazine groups is 1. The van der Waals surface area contributed by atoms with Crippen molar-refractivity contribution in [2.75, 3.05) is 5.43 Å². The predicted molar refractivity (Wildman–Crippen MR) is 54.1 cm³/mol. The molecule has 0 saturated carbocycles. The molecule has 0 atom stereocenters. The lowest BCUT2D eigenvalue weighted by atomic mass is 9.80. The first-order chi connectivity index (χ1) is 6.65. The van der Waals surface area contributed by atoms with E-state index in [1.807, 2.05) is 0 Å². The zero-order valence-corrected chi connectivity index (χ0v) is 7.82. The van der Waals surface area contributed by atoms with Gasteiger partial charge < -0.3 is 10.0 Å². The number of anilines is 1. The van der Waals surface area contributed by atoms with E-state index in [-0.39, 0.29) is 10.5 Å². The molecule has 0 radical (unpaired) electrons. The van der Waals surface area contributed by atoms with Crippen LogP contribution >= 0.6 is 11.6 Å². The van der Waals surface area contributed by atoms with E-state index in [1.165, 1.54) is 18.2 Å². The number of halogens is 1. The van der Waals surface area contributed by atoms with Crippen LogP contribution in [0.5, 0.6) is 0 Å². The number of hydrogen-bond acceptors (Lipinski definition) is 4. The summed E-state index contributed by atoms with van der Waals surface area (Å²) in [5.74, 6) is 0. The molecule has 1 rings (SSSR count). The molecule has 7 heteroatoms. The summed E-state index contributed by atoms with van der Waals surface area (Å²) >= 11 is 5.77. The highest BCUT2D eigenvalue weighted by molar-refractivity contribution is 6.59. The SMILES string of the molecule is O=CNNc1ccc(B(O)O)cc1Cl. The van der Waals surface area contributed by atoms with Crippen LogP contribution < -0.4 is 16.3 Å². The second-order valence-corrected chi connectivity index (χ2v) is 2.91. The quantitative estimate of drug-likeness (QED) is 0.297. The van der Waals surface area contributed by atoms with Crippen LogP contribution in [0.25, 0.3) is 0 Å². The Bertz CT molecular complexity index is 335. The van der Waals surface area contributed by atoms with Gasteiger partial charge in [-0.05, 0) is 17.6 Å². The molecular weight excluding hydrogens is 206 g/mol. The maximum atomic E-state index is 9.97. The summed E-state index contributed by atoms with van der Waals surface area (Å²) in [5.41, 5.74) is 5.49. The molecule has 0 aliphatic heterocycles. The number of amides is 1. The molecule has 0 bridgehead atoms. The molecule has 1 amide bonds. The van der Waals surface area contributed by atoms with Crippen molar-refractivity contribution in [3.8, 4) is 0 Å². The Morgan fingerprint density at radius 3 is 2.64 bits per heavy atom. The van der Waals surface area contributed by atoms with Crippen molar-refractivity contribution < 1.29 is 14.8 Å². The van der Waals surface area contributed by atoms with Gasteiger partial charge in [-0.2, -0.15) is 0 Å². The lowest BCUT2D eigenvalue weighted by molar-refractivity contribution is -0.109. The fourth-order valence-corrected chi connectivity index (χ4v) is 1.14. The van der Waals surface area contributed by atoms with E-state index >= 15 is 0 Å². The van der Waals surface area contributed by atoms with Crippen LogP contribution in [0.1, 0.15) is 0 Å². The number of rotatable bonds is 4. The highest BCUT2D eigenvalue weighted by atomic mass is 35.5. The molecule has 1 aromatic carbocycles. The summed E-state index contributed by atoms with van der Waals surface area (Å²) < 4.78 is 0.